The number of hydrogen-bond donors (Lipinski definition) is 0. The molecule has 0 saturated carbocycles. The molecule has 0 amide bonds. The molecule has 1 heteroatoms. The van der Waals surface area contributed by atoms with Gasteiger partial charge in [-0.25, -0.2) is 0 Å². The van der Waals surface area contributed by atoms with E-state index in [0.717, 1.165) is 12.8 Å². The number of hydrogen-bond acceptors (Lipinski definition) is 0. The predicted molar refractivity (Wildman–Crippen MR) is 82.3 cm³/mol. The van der Waals surface area contributed by atoms with E-state index >= 15 is 0 Å². The molecule has 0 N–H and O–H groups in total. The first-order valence-electron chi connectivity index (χ1n) is 6.41. The van der Waals surface area contributed by atoms with Crippen molar-refractivity contribution in [3.63, 3.8) is 0 Å². The van der Waals surface area contributed by atoms with Crippen LogP contribution >= 0.6 is 15.9 Å². The molecule has 0 saturated heterocycles. The highest BCUT2D eigenvalue weighted by atomic mass is 79.9. The molecular weight excluding hydrogens is 284 g/mol. The first-order valence-corrected chi connectivity index (χ1v) is 7.33. The smallest absolute Gasteiger partial charge is 0.0398 e. The third-order valence-electron chi connectivity index (χ3n) is 3.13. The van der Waals surface area contributed by atoms with Crippen molar-refractivity contribution in [2.24, 2.45) is 0 Å². The van der Waals surface area contributed by atoms with Crippen LogP contribution in [-0.4, -0.2) is 0 Å². The van der Waals surface area contributed by atoms with Gasteiger partial charge in [-0.15, -0.1) is 0 Å². The first-order chi connectivity index (χ1) is 8.65. The predicted octanol–water partition coefficient (Wildman–Crippen LogP) is 5.37. The van der Waals surface area contributed by atoms with E-state index in [2.05, 4.69) is 78.3 Å². The van der Waals surface area contributed by atoms with Gasteiger partial charge in [0.15, 0.2) is 0 Å². The van der Waals surface area contributed by atoms with E-state index in [4.69, 9.17) is 0 Å². The van der Waals surface area contributed by atoms with Gasteiger partial charge in [0.1, 0.15) is 0 Å². The highest BCUT2D eigenvalue weighted by Gasteiger charge is 2.07. The largest absolute Gasteiger partial charge is 0.0839 e. The van der Waals surface area contributed by atoms with Gasteiger partial charge in [-0.05, 0) is 37.8 Å². The van der Waals surface area contributed by atoms with Gasteiger partial charge in [-0.3, -0.25) is 0 Å². The molecular formula is C17H19Br. The van der Waals surface area contributed by atoms with Crippen LogP contribution in [0.1, 0.15) is 33.5 Å². The molecule has 0 heterocycles. The van der Waals surface area contributed by atoms with Crippen LogP contribution in [-0.2, 0) is 6.42 Å². The van der Waals surface area contributed by atoms with Crippen LogP contribution in [0.2, 0.25) is 0 Å². The minimum Gasteiger partial charge on any atom is -0.0839 e. The second kappa shape index (κ2) is 6.19. The SMILES string of the molecule is Cc1cc(C)cc(CCC(Br)c2ccccc2)c1. The summed E-state index contributed by atoms with van der Waals surface area (Å²) in [6.45, 7) is 4.33. The fourth-order valence-electron chi connectivity index (χ4n) is 2.34. The zero-order valence-corrected chi connectivity index (χ0v) is 12.6. The Bertz CT molecular complexity index is 482. The van der Waals surface area contributed by atoms with Gasteiger partial charge in [0.25, 0.3) is 0 Å². The molecule has 0 aliphatic carbocycles. The van der Waals surface area contributed by atoms with Gasteiger partial charge in [-0.1, -0.05) is 75.6 Å². The summed E-state index contributed by atoms with van der Waals surface area (Å²) in [5.41, 5.74) is 5.52. The van der Waals surface area contributed by atoms with Gasteiger partial charge in [0.05, 0.1) is 0 Å². The van der Waals surface area contributed by atoms with E-state index < -0.39 is 0 Å². The maximum Gasteiger partial charge on any atom is 0.0398 e. The van der Waals surface area contributed by atoms with Crippen molar-refractivity contribution >= 4 is 15.9 Å². The van der Waals surface area contributed by atoms with Crippen LogP contribution in [0.5, 0.6) is 0 Å². The molecule has 1 unspecified atom stereocenters. The zero-order chi connectivity index (χ0) is 13.0. The van der Waals surface area contributed by atoms with Crippen molar-refractivity contribution in [2.75, 3.05) is 0 Å². The van der Waals surface area contributed by atoms with E-state index in [0.29, 0.717) is 4.83 Å². The Kier molecular flexibility index (Phi) is 4.60. The van der Waals surface area contributed by atoms with Gasteiger partial charge in [0.2, 0.25) is 0 Å². The average molecular weight is 303 g/mol. The maximum absolute atomic E-state index is 3.78. The molecule has 0 fully saturated rings. The monoisotopic (exact) mass is 302 g/mol. The summed E-state index contributed by atoms with van der Waals surface area (Å²) in [6.07, 6.45) is 2.25. The zero-order valence-electron chi connectivity index (χ0n) is 11.0. The van der Waals surface area contributed by atoms with E-state index in [1.807, 2.05) is 0 Å². The van der Waals surface area contributed by atoms with Crippen LogP contribution in [0.25, 0.3) is 0 Å². The van der Waals surface area contributed by atoms with Gasteiger partial charge in [-0.2, -0.15) is 0 Å². The summed E-state index contributed by atoms with van der Waals surface area (Å²) in [4.78, 5) is 0.444. The molecule has 2 aromatic rings. The van der Waals surface area contributed by atoms with Crippen molar-refractivity contribution in [3.8, 4) is 0 Å². The average Bonchev–Trinajstić information content (AvgIpc) is 2.36. The highest BCUT2D eigenvalue weighted by Crippen LogP contribution is 2.27. The van der Waals surface area contributed by atoms with Crippen LogP contribution < -0.4 is 0 Å². The topological polar surface area (TPSA) is 0 Å². The van der Waals surface area contributed by atoms with Crippen molar-refractivity contribution in [1.82, 2.24) is 0 Å². The Labute approximate surface area is 118 Å². The molecule has 94 valence electrons. The standard InChI is InChI=1S/C17H19Br/c1-13-10-14(2)12-15(11-13)8-9-17(18)16-6-4-3-5-7-16/h3-7,10-12,17H,8-9H2,1-2H3. The lowest BCUT2D eigenvalue weighted by atomic mass is 10.0. The lowest BCUT2D eigenvalue weighted by Gasteiger charge is -2.11. The Balaban J connectivity index is 1.99. The lowest BCUT2D eigenvalue weighted by molar-refractivity contribution is 0.812. The Morgan fingerprint density at radius 3 is 2.17 bits per heavy atom. The second-order valence-corrected chi connectivity index (χ2v) is 6.02. The Morgan fingerprint density at radius 1 is 0.944 bits per heavy atom. The normalized spacial score (nSPS) is 12.4. The summed E-state index contributed by atoms with van der Waals surface area (Å²) < 4.78 is 0. The van der Waals surface area contributed by atoms with Crippen LogP contribution in [0.15, 0.2) is 48.5 Å². The third-order valence-corrected chi connectivity index (χ3v) is 4.12. The molecule has 2 aromatic carbocycles. The van der Waals surface area contributed by atoms with Crippen molar-refractivity contribution in [3.05, 3.63) is 70.8 Å². The van der Waals surface area contributed by atoms with Crippen LogP contribution in [0.3, 0.4) is 0 Å². The minimum absolute atomic E-state index is 0.444. The van der Waals surface area contributed by atoms with Crippen LogP contribution in [0.4, 0.5) is 0 Å². The Morgan fingerprint density at radius 2 is 1.56 bits per heavy atom. The molecule has 0 aromatic heterocycles. The highest BCUT2D eigenvalue weighted by molar-refractivity contribution is 9.09. The van der Waals surface area contributed by atoms with E-state index in [1.165, 1.54) is 22.3 Å². The van der Waals surface area contributed by atoms with Crippen molar-refractivity contribution in [1.29, 1.82) is 0 Å². The second-order valence-electron chi connectivity index (χ2n) is 4.91. The van der Waals surface area contributed by atoms with Gasteiger partial charge >= 0.3 is 0 Å². The number of rotatable bonds is 4. The number of halogens is 1. The number of alkyl halides is 1. The molecule has 2 rings (SSSR count). The molecule has 0 radical (unpaired) electrons. The van der Waals surface area contributed by atoms with E-state index in [1.54, 1.807) is 0 Å². The van der Waals surface area contributed by atoms with Crippen molar-refractivity contribution in [2.45, 2.75) is 31.5 Å². The summed E-state index contributed by atoms with van der Waals surface area (Å²) in [5, 5.41) is 0. The van der Waals surface area contributed by atoms with Crippen LogP contribution in [0, 0.1) is 13.8 Å². The summed E-state index contributed by atoms with van der Waals surface area (Å²) in [6, 6.07) is 17.4. The fraction of sp³-hybridized carbons (Fsp3) is 0.294. The maximum atomic E-state index is 3.78. The fourth-order valence-corrected chi connectivity index (χ4v) is 2.87. The quantitative estimate of drug-likeness (QED) is 0.666. The van der Waals surface area contributed by atoms with E-state index in [9.17, 15) is 0 Å². The minimum atomic E-state index is 0.444. The number of benzene rings is 2. The molecule has 0 aliphatic rings. The first kappa shape index (κ1) is 13.4. The molecule has 0 aliphatic heterocycles. The summed E-state index contributed by atoms with van der Waals surface area (Å²) >= 11 is 3.78. The lowest BCUT2D eigenvalue weighted by Crippen LogP contribution is -1.94. The molecule has 18 heavy (non-hydrogen) atoms. The molecule has 0 nitrogen and oxygen atoms in total. The van der Waals surface area contributed by atoms with Crippen molar-refractivity contribution < 1.29 is 0 Å². The number of aryl methyl sites for hydroxylation is 3. The molecule has 0 spiro atoms. The summed E-state index contributed by atoms with van der Waals surface area (Å²) in [7, 11) is 0. The third kappa shape index (κ3) is 3.71. The van der Waals surface area contributed by atoms with Gasteiger partial charge in [0, 0.05) is 4.83 Å². The molecule has 1 atom stereocenters. The molecule has 0 bridgehead atoms. The summed E-state index contributed by atoms with van der Waals surface area (Å²) in [5.74, 6) is 0. The van der Waals surface area contributed by atoms with Gasteiger partial charge < -0.3 is 0 Å². The van der Waals surface area contributed by atoms with E-state index in [-0.39, 0.29) is 0 Å². The Hall–Kier alpha value is -1.08.